The highest BCUT2D eigenvalue weighted by Crippen LogP contribution is 2.47. The van der Waals surface area contributed by atoms with E-state index in [2.05, 4.69) is 9.98 Å². The van der Waals surface area contributed by atoms with E-state index in [0.717, 1.165) is 7.11 Å². The van der Waals surface area contributed by atoms with Gasteiger partial charge in [0, 0.05) is 10.8 Å². The van der Waals surface area contributed by atoms with E-state index in [1.54, 1.807) is 42.5 Å². The summed E-state index contributed by atoms with van der Waals surface area (Å²) in [6, 6.07) is 12.9. The molecule has 0 radical (unpaired) electrons. The minimum atomic E-state index is -5.11. The molecule has 8 heteroatoms. The number of ether oxygens (including phenoxy) is 2. The third-order valence-electron chi connectivity index (χ3n) is 5.64. The van der Waals surface area contributed by atoms with Crippen LogP contribution in [0.15, 0.2) is 53.5 Å². The van der Waals surface area contributed by atoms with E-state index in [1.165, 1.54) is 6.07 Å². The lowest BCUT2D eigenvalue weighted by Gasteiger charge is -2.32. The number of para-hydroxylation sites is 1. The number of fused-ring (bicyclic) bond motifs is 3. The van der Waals surface area contributed by atoms with Crippen LogP contribution in [0.4, 0.5) is 13.2 Å². The normalized spacial score (nSPS) is 18.7. The fourth-order valence-electron chi connectivity index (χ4n) is 3.94. The van der Waals surface area contributed by atoms with Gasteiger partial charge in [-0.05, 0) is 17.4 Å². The number of alkyl halides is 3. The molecular weight excluding hydrogens is 409 g/mol. The molecule has 162 valence electrons. The number of carbonyl (C=O) groups excluding carboxylic acids is 1. The zero-order valence-electron chi connectivity index (χ0n) is 17.2. The lowest BCUT2D eigenvalue weighted by molar-refractivity contribution is -0.195. The summed E-state index contributed by atoms with van der Waals surface area (Å²) in [7, 11) is 0.918. The molecule has 1 unspecified atom stereocenters. The Labute approximate surface area is 176 Å². The number of carbonyl (C=O) groups is 1. The Morgan fingerprint density at radius 1 is 1.06 bits per heavy atom. The third kappa shape index (κ3) is 3.12. The average molecular weight is 430 g/mol. The maximum atomic E-state index is 14.9. The van der Waals surface area contributed by atoms with Crippen LogP contribution in [0.3, 0.4) is 0 Å². The third-order valence-corrected chi connectivity index (χ3v) is 5.64. The Balaban J connectivity index is 2.16. The van der Waals surface area contributed by atoms with Crippen molar-refractivity contribution in [1.29, 1.82) is 0 Å². The van der Waals surface area contributed by atoms with E-state index in [0.29, 0.717) is 16.3 Å². The molecule has 3 aromatic rings. The van der Waals surface area contributed by atoms with Gasteiger partial charge in [-0.25, -0.2) is 4.99 Å². The molecule has 0 N–H and O–H groups in total. The molecular formula is C23H21F3N2O3. The molecule has 5 nitrogen and oxygen atoms in total. The predicted molar refractivity (Wildman–Crippen MR) is 111 cm³/mol. The number of rotatable bonds is 4. The molecule has 0 bridgehead atoms. The monoisotopic (exact) mass is 430 g/mol. The predicted octanol–water partition coefficient (Wildman–Crippen LogP) is 4.81. The Morgan fingerprint density at radius 3 is 2.26 bits per heavy atom. The van der Waals surface area contributed by atoms with Crippen molar-refractivity contribution in [3.8, 4) is 0 Å². The Morgan fingerprint density at radius 2 is 1.68 bits per heavy atom. The van der Waals surface area contributed by atoms with Crippen LogP contribution in [-0.2, 0) is 19.7 Å². The van der Waals surface area contributed by atoms with Gasteiger partial charge in [0.15, 0.2) is 0 Å². The molecule has 4 rings (SSSR count). The summed E-state index contributed by atoms with van der Waals surface area (Å²) in [5.74, 6) is -2.32. The molecule has 0 aliphatic carbocycles. The Bertz CT molecular complexity index is 1190. The second-order valence-electron chi connectivity index (χ2n) is 7.82. The first-order valence-corrected chi connectivity index (χ1v) is 9.86. The molecule has 0 fully saturated rings. The molecule has 0 saturated carbocycles. The highest BCUT2D eigenvalue weighted by molar-refractivity contribution is 6.15. The van der Waals surface area contributed by atoms with Crippen LogP contribution in [0, 0.1) is 5.92 Å². The van der Waals surface area contributed by atoms with Crippen LogP contribution in [0.25, 0.3) is 21.7 Å². The van der Waals surface area contributed by atoms with Gasteiger partial charge in [-0.15, -0.1) is 0 Å². The van der Waals surface area contributed by atoms with Crippen LogP contribution in [-0.4, -0.2) is 42.8 Å². The summed E-state index contributed by atoms with van der Waals surface area (Å²) in [6.45, 7) is 3.61. The average Bonchev–Trinajstić information content (AvgIpc) is 3.23. The highest BCUT2D eigenvalue weighted by atomic mass is 19.4. The Hall–Kier alpha value is -3.16. The minimum Gasteiger partial charge on any atom is -0.477 e. The van der Waals surface area contributed by atoms with Gasteiger partial charge in [0.2, 0.25) is 5.90 Å². The molecule has 31 heavy (non-hydrogen) atoms. The highest BCUT2D eigenvalue weighted by Gasteiger charge is 2.70. The summed E-state index contributed by atoms with van der Waals surface area (Å²) in [5, 5.41) is 1.40. The van der Waals surface area contributed by atoms with Gasteiger partial charge in [-0.1, -0.05) is 56.3 Å². The first-order chi connectivity index (χ1) is 14.7. The summed E-state index contributed by atoms with van der Waals surface area (Å²) in [4.78, 5) is 21.5. The van der Waals surface area contributed by atoms with E-state index in [1.807, 2.05) is 13.8 Å². The van der Waals surface area contributed by atoms with Gasteiger partial charge in [0.05, 0.1) is 24.4 Å². The molecule has 2 aromatic carbocycles. The van der Waals surface area contributed by atoms with Gasteiger partial charge >= 0.3 is 12.1 Å². The molecule has 1 aliphatic rings. The zero-order valence-corrected chi connectivity index (χ0v) is 17.2. The number of halogens is 3. The van der Waals surface area contributed by atoms with Gasteiger partial charge in [0.25, 0.3) is 5.41 Å². The summed E-state index contributed by atoms with van der Waals surface area (Å²) < 4.78 is 54.9. The van der Waals surface area contributed by atoms with E-state index < -0.39 is 35.2 Å². The van der Waals surface area contributed by atoms with Crippen LogP contribution in [0.1, 0.15) is 19.5 Å². The summed E-state index contributed by atoms with van der Waals surface area (Å²) in [5.41, 5.74) is -3.45. The van der Waals surface area contributed by atoms with Gasteiger partial charge < -0.3 is 9.47 Å². The van der Waals surface area contributed by atoms with Crippen LogP contribution < -0.4 is 0 Å². The number of nitrogens with zero attached hydrogens (tertiary/aromatic N) is 2. The first kappa shape index (κ1) is 21.1. The maximum Gasteiger partial charge on any atom is 0.419 e. The molecule has 2 heterocycles. The standard InChI is InChI=1S/C23H21F3N2O3/c1-13(2)18-12-31-20(28-18)22(21(29)30-3,23(24,25)26)19-16-10-5-4-8-14(16)15-9-6-7-11-17(15)27-19/h4-11,13,18H,12H2,1-3H3/t18-,22?/m1/s1. The number of hydrogen-bond donors (Lipinski definition) is 0. The van der Waals surface area contributed by atoms with E-state index in [9.17, 15) is 18.0 Å². The second kappa shape index (κ2) is 7.51. The van der Waals surface area contributed by atoms with Crippen LogP contribution in [0.2, 0.25) is 0 Å². The van der Waals surface area contributed by atoms with Crippen molar-refractivity contribution in [3.05, 3.63) is 54.2 Å². The number of pyridine rings is 1. The van der Waals surface area contributed by atoms with Gasteiger partial charge in [0.1, 0.15) is 6.61 Å². The van der Waals surface area contributed by atoms with Crippen molar-refractivity contribution in [2.75, 3.05) is 13.7 Å². The maximum absolute atomic E-state index is 14.9. The number of methoxy groups -OCH3 is 1. The molecule has 2 atom stereocenters. The van der Waals surface area contributed by atoms with E-state index in [4.69, 9.17) is 9.47 Å². The zero-order chi connectivity index (χ0) is 22.4. The Kier molecular flexibility index (Phi) is 5.11. The fraction of sp³-hybridized carbons (Fsp3) is 0.348. The van der Waals surface area contributed by atoms with Crippen molar-refractivity contribution in [1.82, 2.24) is 4.98 Å². The first-order valence-electron chi connectivity index (χ1n) is 9.86. The number of aliphatic imine (C=N–C) groups is 1. The lowest BCUT2D eigenvalue weighted by Crippen LogP contribution is -2.56. The van der Waals surface area contributed by atoms with E-state index in [-0.39, 0.29) is 17.9 Å². The fourth-order valence-corrected chi connectivity index (χ4v) is 3.94. The van der Waals surface area contributed by atoms with Crippen molar-refractivity contribution in [2.24, 2.45) is 10.9 Å². The summed E-state index contributed by atoms with van der Waals surface area (Å²) >= 11 is 0. The number of esters is 1. The second-order valence-corrected chi connectivity index (χ2v) is 7.82. The van der Waals surface area contributed by atoms with E-state index >= 15 is 0 Å². The molecule has 0 spiro atoms. The minimum absolute atomic E-state index is 0.0483. The number of aromatic nitrogens is 1. The summed E-state index contributed by atoms with van der Waals surface area (Å²) in [6.07, 6.45) is -5.11. The number of benzene rings is 2. The largest absolute Gasteiger partial charge is 0.477 e. The van der Waals surface area contributed by atoms with Crippen molar-refractivity contribution in [2.45, 2.75) is 31.5 Å². The number of hydrogen-bond acceptors (Lipinski definition) is 5. The molecule has 1 aliphatic heterocycles. The van der Waals surface area contributed by atoms with Gasteiger partial charge in [-0.2, -0.15) is 13.2 Å². The smallest absolute Gasteiger partial charge is 0.419 e. The lowest BCUT2D eigenvalue weighted by atomic mass is 9.79. The van der Waals surface area contributed by atoms with Crippen molar-refractivity contribution >= 4 is 33.5 Å². The van der Waals surface area contributed by atoms with Crippen molar-refractivity contribution in [3.63, 3.8) is 0 Å². The van der Waals surface area contributed by atoms with Crippen LogP contribution in [0.5, 0.6) is 0 Å². The molecule has 0 amide bonds. The topological polar surface area (TPSA) is 60.8 Å². The van der Waals surface area contributed by atoms with Crippen LogP contribution >= 0.6 is 0 Å². The molecule has 1 aromatic heterocycles. The quantitative estimate of drug-likeness (QED) is 0.440. The molecule has 0 saturated heterocycles. The van der Waals surface area contributed by atoms with Gasteiger partial charge in [-0.3, -0.25) is 9.78 Å². The van der Waals surface area contributed by atoms with Crippen molar-refractivity contribution < 1.29 is 27.4 Å². The SMILES string of the molecule is COC(=O)C(C1=N[C@@H](C(C)C)CO1)(c1nc2ccccc2c2ccccc12)C(F)(F)F.